The minimum absolute atomic E-state index is 0. The van der Waals surface area contributed by atoms with Crippen molar-refractivity contribution in [3.8, 4) is 5.75 Å². The van der Waals surface area contributed by atoms with E-state index in [1.807, 2.05) is 18.2 Å². The number of halogens is 3. The van der Waals surface area contributed by atoms with Gasteiger partial charge in [0.1, 0.15) is 5.75 Å². The third-order valence-corrected chi connectivity index (χ3v) is 5.48. The first-order valence-electron chi connectivity index (χ1n) is 10.2. The fourth-order valence-corrected chi connectivity index (χ4v) is 4.09. The van der Waals surface area contributed by atoms with Crippen LogP contribution in [-0.4, -0.2) is 54.9 Å². The number of benzene rings is 2. The average Bonchev–Trinajstić information content (AvgIpc) is 2.75. The molecule has 0 aliphatic carbocycles. The van der Waals surface area contributed by atoms with E-state index in [1.165, 1.54) is 6.42 Å². The summed E-state index contributed by atoms with van der Waals surface area (Å²) in [5, 5.41) is 5.91. The summed E-state index contributed by atoms with van der Waals surface area (Å²) >= 11 is 11.7. The van der Waals surface area contributed by atoms with Crippen LogP contribution in [0.4, 0.5) is 5.69 Å². The van der Waals surface area contributed by atoms with Gasteiger partial charge in [0.25, 0.3) is 0 Å². The maximum absolute atomic E-state index is 5.87. The van der Waals surface area contributed by atoms with Gasteiger partial charge in [-0.15, -0.1) is 35.6 Å². The van der Waals surface area contributed by atoms with Gasteiger partial charge in [-0.3, -0.25) is 0 Å². The Morgan fingerprint density at radius 3 is 2.37 bits per heavy atom. The van der Waals surface area contributed by atoms with Crippen LogP contribution < -0.4 is 10.1 Å². The summed E-state index contributed by atoms with van der Waals surface area (Å²) in [5.74, 6) is 2.16. The number of aromatic nitrogens is 1. The van der Waals surface area contributed by atoms with E-state index in [1.54, 1.807) is 7.11 Å². The molecule has 0 saturated heterocycles. The molecule has 0 saturated carbocycles. The molecule has 3 rings (SSSR count). The Labute approximate surface area is 195 Å². The van der Waals surface area contributed by atoms with Crippen LogP contribution in [0.25, 0.3) is 21.8 Å². The Morgan fingerprint density at radius 2 is 1.63 bits per heavy atom. The molecule has 0 bridgehead atoms. The van der Waals surface area contributed by atoms with Crippen molar-refractivity contribution < 1.29 is 4.74 Å². The van der Waals surface area contributed by atoms with Crippen LogP contribution in [-0.2, 0) is 0 Å². The van der Waals surface area contributed by atoms with Crippen LogP contribution >= 0.6 is 35.6 Å². The first kappa shape index (κ1) is 24.8. The summed E-state index contributed by atoms with van der Waals surface area (Å²) in [5.41, 5.74) is 3.12. The summed E-state index contributed by atoms with van der Waals surface area (Å²) in [6.07, 6.45) is 3.43. The lowest BCUT2D eigenvalue weighted by Crippen LogP contribution is -2.29. The quantitative estimate of drug-likeness (QED) is 0.195. The van der Waals surface area contributed by atoms with Crippen LogP contribution in [0.2, 0.25) is 0 Å². The number of rotatable bonds is 12. The molecule has 0 radical (unpaired) electrons. The standard InChI is InChI=1S/C23H29Cl2N3O.ClH/c1-29-18-9-10-22-20(17-18)23(19-7-3-4-8-21(19)27-22)26-13-5-2-6-14-28(15-11-24)16-12-25;/h3-4,7-10,17H,2,5-6,11-16H2,1H3,(H,26,27);1H. The van der Waals surface area contributed by atoms with Gasteiger partial charge in [0.2, 0.25) is 0 Å². The molecule has 7 heteroatoms. The maximum Gasteiger partial charge on any atom is 0.119 e. The SMILES string of the molecule is COc1ccc2nc3ccccc3c(NCCCCCN(CCCl)CCCl)c2c1.Cl. The van der Waals surface area contributed by atoms with E-state index in [9.17, 15) is 0 Å². The van der Waals surface area contributed by atoms with E-state index in [0.717, 1.165) is 72.3 Å². The van der Waals surface area contributed by atoms with Crippen molar-refractivity contribution in [1.29, 1.82) is 0 Å². The van der Waals surface area contributed by atoms with Crippen LogP contribution in [0, 0.1) is 0 Å². The molecule has 1 heterocycles. The van der Waals surface area contributed by atoms with Crippen molar-refractivity contribution in [1.82, 2.24) is 9.88 Å². The van der Waals surface area contributed by atoms with Crippen molar-refractivity contribution in [3.63, 3.8) is 0 Å². The average molecular weight is 471 g/mol. The zero-order valence-corrected chi connectivity index (χ0v) is 19.7. The van der Waals surface area contributed by atoms with Gasteiger partial charge in [0.05, 0.1) is 23.8 Å². The highest BCUT2D eigenvalue weighted by Gasteiger charge is 2.10. The Hall–Kier alpha value is -1.46. The lowest BCUT2D eigenvalue weighted by molar-refractivity contribution is 0.299. The van der Waals surface area contributed by atoms with Gasteiger partial charge in [0.15, 0.2) is 0 Å². The van der Waals surface area contributed by atoms with E-state index >= 15 is 0 Å². The number of pyridine rings is 1. The van der Waals surface area contributed by atoms with Gasteiger partial charge in [-0.25, -0.2) is 4.98 Å². The molecule has 1 N–H and O–H groups in total. The van der Waals surface area contributed by atoms with E-state index in [2.05, 4.69) is 34.5 Å². The second-order valence-electron chi connectivity index (χ2n) is 7.09. The molecule has 4 nitrogen and oxygen atoms in total. The summed E-state index contributed by atoms with van der Waals surface area (Å²) in [6, 6.07) is 14.3. The molecule has 0 fully saturated rings. The molecular formula is C23H30Cl3N3O. The highest BCUT2D eigenvalue weighted by atomic mass is 35.5. The molecule has 0 amide bonds. The molecule has 0 unspecified atom stereocenters. The van der Waals surface area contributed by atoms with Crippen molar-refractivity contribution in [2.45, 2.75) is 19.3 Å². The smallest absolute Gasteiger partial charge is 0.119 e. The number of unbranched alkanes of at least 4 members (excludes halogenated alkanes) is 2. The normalized spacial score (nSPS) is 11.1. The fourth-order valence-electron chi connectivity index (χ4n) is 3.61. The van der Waals surface area contributed by atoms with Gasteiger partial charge in [-0.2, -0.15) is 0 Å². The number of fused-ring (bicyclic) bond motifs is 2. The molecular weight excluding hydrogens is 441 g/mol. The molecule has 0 atom stereocenters. The lowest BCUT2D eigenvalue weighted by Gasteiger charge is -2.19. The van der Waals surface area contributed by atoms with Gasteiger partial charge in [-0.05, 0) is 43.7 Å². The number of nitrogens with one attached hydrogen (secondary N) is 1. The van der Waals surface area contributed by atoms with Gasteiger partial charge in [-0.1, -0.05) is 24.6 Å². The number of nitrogens with zero attached hydrogens (tertiary/aromatic N) is 2. The van der Waals surface area contributed by atoms with Crippen LogP contribution in [0.15, 0.2) is 42.5 Å². The third kappa shape index (κ3) is 6.52. The lowest BCUT2D eigenvalue weighted by atomic mass is 10.1. The Bertz CT molecular complexity index is 917. The number of ether oxygens (including phenoxy) is 1. The van der Waals surface area contributed by atoms with Crippen molar-refractivity contribution in [3.05, 3.63) is 42.5 Å². The summed E-state index contributed by atoms with van der Waals surface area (Å²) in [4.78, 5) is 7.14. The van der Waals surface area contributed by atoms with E-state index < -0.39 is 0 Å². The Balaban J connectivity index is 0.00000320. The Kier molecular flexibility index (Phi) is 10.8. The number of hydrogen-bond donors (Lipinski definition) is 1. The van der Waals surface area contributed by atoms with Crippen LogP contribution in [0.3, 0.4) is 0 Å². The van der Waals surface area contributed by atoms with Gasteiger partial charge >= 0.3 is 0 Å². The topological polar surface area (TPSA) is 37.4 Å². The molecule has 0 aliphatic heterocycles. The molecule has 2 aromatic carbocycles. The first-order chi connectivity index (χ1) is 14.3. The second kappa shape index (κ2) is 13.1. The largest absolute Gasteiger partial charge is 0.497 e. The maximum atomic E-state index is 5.87. The monoisotopic (exact) mass is 469 g/mol. The van der Waals surface area contributed by atoms with Crippen molar-refractivity contribution >= 4 is 63.1 Å². The summed E-state index contributed by atoms with van der Waals surface area (Å²) < 4.78 is 5.43. The molecule has 30 heavy (non-hydrogen) atoms. The molecule has 1 aromatic heterocycles. The zero-order chi connectivity index (χ0) is 20.5. The minimum Gasteiger partial charge on any atom is -0.497 e. The van der Waals surface area contributed by atoms with Gasteiger partial charge < -0.3 is 15.0 Å². The van der Waals surface area contributed by atoms with Crippen LogP contribution in [0.1, 0.15) is 19.3 Å². The Morgan fingerprint density at radius 1 is 0.900 bits per heavy atom. The predicted octanol–water partition coefficient (Wildman–Crippen LogP) is 6.18. The minimum atomic E-state index is 0. The van der Waals surface area contributed by atoms with Crippen molar-refractivity contribution in [2.75, 3.05) is 50.4 Å². The number of methoxy groups -OCH3 is 1. The number of anilines is 1. The van der Waals surface area contributed by atoms with Gasteiger partial charge in [0, 0.05) is 42.2 Å². The molecule has 0 aliphatic rings. The zero-order valence-electron chi connectivity index (χ0n) is 17.4. The number of hydrogen-bond acceptors (Lipinski definition) is 4. The van der Waals surface area contributed by atoms with Crippen LogP contribution in [0.5, 0.6) is 5.75 Å². The fraction of sp³-hybridized carbons (Fsp3) is 0.435. The predicted molar refractivity (Wildman–Crippen MR) is 133 cm³/mol. The summed E-state index contributed by atoms with van der Waals surface area (Å²) in [6.45, 7) is 3.79. The molecule has 0 spiro atoms. The van der Waals surface area contributed by atoms with Crippen molar-refractivity contribution in [2.24, 2.45) is 0 Å². The molecule has 164 valence electrons. The second-order valence-corrected chi connectivity index (χ2v) is 7.85. The van der Waals surface area contributed by atoms with E-state index in [4.69, 9.17) is 32.9 Å². The van der Waals surface area contributed by atoms with E-state index in [0.29, 0.717) is 11.8 Å². The molecule has 3 aromatic rings. The van der Waals surface area contributed by atoms with E-state index in [-0.39, 0.29) is 12.4 Å². The highest BCUT2D eigenvalue weighted by molar-refractivity contribution is 6.18. The first-order valence-corrected chi connectivity index (χ1v) is 11.3. The summed E-state index contributed by atoms with van der Waals surface area (Å²) in [7, 11) is 1.69. The number of alkyl halides is 2. The third-order valence-electron chi connectivity index (χ3n) is 5.14. The highest BCUT2D eigenvalue weighted by Crippen LogP contribution is 2.33. The number of para-hydroxylation sites is 1.